The normalized spacial score (nSPS) is 23.4. The summed E-state index contributed by atoms with van der Waals surface area (Å²) in [5.41, 5.74) is 0.746. The Hall–Kier alpha value is -0.850. The Morgan fingerprint density at radius 3 is 2.60 bits per heavy atom. The van der Waals surface area contributed by atoms with Crippen molar-refractivity contribution in [3.05, 3.63) is 18.0 Å². The quantitative estimate of drug-likeness (QED) is 0.921. The average Bonchev–Trinajstić information content (AvgIpc) is 3.01. The van der Waals surface area contributed by atoms with E-state index in [2.05, 4.69) is 13.8 Å². The molecule has 0 amide bonds. The molecule has 0 atom stereocenters. The Labute approximate surface area is 120 Å². The number of hydrogen-bond donors (Lipinski definition) is 1. The van der Waals surface area contributed by atoms with Crippen LogP contribution < -0.4 is 0 Å². The van der Waals surface area contributed by atoms with Crippen molar-refractivity contribution in [2.45, 2.75) is 50.7 Å². The summed E-state index contributed by atoms with van der Waals surface area (Å²) >= 11 is 0. The van der Waals surface area contributed by atoms with E-state index in [4.69, 9.17) is 0 Å². The van der Waals surface area contributed by atoms with Crippen molar-refractivity contribution in [1.82, 2.24) is 8.87 Å². The number of nitrogens with zero attached hydrogens (tertiary/aromatic N) is 2. The fourth-order valence-corrected chi connectivity index (χ4v) is 4.56. The molecule has 1 aromatic heterocycles. The fraction of sp³-hybridized carbons (Fsp3) is 0.714. The van der Waals surface area contributed by atoms with Crippen LogP contribution in [0, 0.1) is 5.41 Å². The molecular weight excluding hydrogens is 276 g/mol. The van der Waals surface area contributed by atoms with Crippen molar-refractivity contribution in [2.75, 3.05) is 13.1 Å². The molecule has 3 rings (SSSR count). The van der Waals surface area contributed by atoms with Crippen molar-refractivity contribution in [3.8, 4) is 0 Å². The first-order valence-corrected chi connectivity index (χ1v) is 8.59. The number of hydrogen-bond acceptors (Lipinski definition) is 3. The number of rotatable bonds is 4. The third-order valence-electron chi connectivity index (χ3n) is 4.29. The summed E-state index contributed by atoms with van der Waals surface area (Å²) in [7, 11) is -3.43. The second-order valence-electron chi connectivity index (χ2n) is 6.72. The van der Waals surface area contributed by atoms with Crippen LogP contribution in [0.2, 0.25) is 0 Å². The van der Waals surface area contributed by atoms with E-state index >= 15 is 0 Å². The number of aromatic nitrogens is 1. The van der Waals surface area contributed by atoms with E-state index in [1.54, 1.807) is 16.6 Å². The molecule has 6 heteroatoms. The number of sulfonamides is 1. The average molecular weight is 298 g/mol. The summed E-state index contributed by atoms with van der Waals surface area (Å²) in [5.74, 6) is 0. The largest absolute Gasteiger partial charge is 0.390 e. The van der Waals surface area contributed by atoms with Crippen LogP contribution in [-0.4, -0.2) is 35.5 Å². The van der Waals surface area contributed by atoms with E-state index in [9.17, 15) is 13.5 Å². The van der Waals surface area contributed by atoms with Gasteiger partial charge in [0.15, 0.2) is 0 Å². The van der Waals surface area contributed by atoms with Crippen molar-refractivity contribution < 1.29 is 13.5 Å². The summed E-state index contributed by atoms with van der Waals surface area (Å²) in [6, 6.07) is 2.00. The predicted molar refractivity (Wildman–Crippen MR) is 75.8 cm³/mol. The second-order valence-corrected chi connectivity index (χ2v) is 8.65. The maximum absolute atomic E-state index is 12.7. The minimum atomic E-state index is -3.43. The van der Waals surface area contributed by atoms with Crippen LogP contribution in [0.25, 0.3) is 0 Å². The molecule has 2 heterocycles. The molecule has 0 radical (unpaired) electrons. The Bertz CT molecular complexity index is 614. The van der Waals surface area contributed by atoms with Crippen LogP contribution in [0.5, 0.6) is 0 Å². The van der Waals surface area contributed by atoms with Crippen LogP contribution in [0.1, 0.15) is 44.8 Å². The smallest absolute Gasteiger partial charge is 0.244 e. The molecule has 0 unspecified atom stereocenters. The third-order valence-corrected chi connectivity index (χ3v) is 6.10. The minimum Gasteiger partial charge on any atom is -0.390 e. The van der Waals surface area contributed by atoms with Gasteiger partial charge >= 0.3 is 0 Å². The third kappa shape index (κ3) is 2.40. The van der Waals surface area contributed by atoms with Crippen molar-refractivity contribution >= 4 is 10.0 Å². The highest BCUT2D eigenvalue weighted by Crippen LogP contribution is 2.38. The van der Waals surface area contributed by atoms with Crippen LogP contribution in [-0.2, 0) is 16.6 Å². The summed E-state index contributed by atoms with van der Waals surface area (Å²) in [6.07, 6.45) is 4.72. The lowest BCUT2D eigenvalue weighted by atomic mass is 9.93. The molecule has 0 bridgehead atoms. The molecule has 1 saturated heterocycles. The van der Waals surface area contributed by atoms with Gasteiger partial charge in [-0.15, -0.1) is 0 Å². The first kappa shape index (κ1) is 14.1. The zero-order valence-corrected chi connectivity index (χ0v) is 12.9. The molecule has 1 saturated carbocycles. The molecule has 1 aliphatic carbocycles. The van der Waals surface area contributed by atoms with Gasteiger partial charge in [-0.2, -0.15) is 4.31 Å². The van der Waals surface area contributed by atoms with Gasteiger partial charge in [0.05, 0.1) is 6.61 Å². The van der Waals surface area contributed by atoms with E-state index in [1.165, 1.54) is 0 Å². The fourth-order valence-electron chi connectivity index (χ4n) is 2.87. The number of aliphatic hydroxyl groups is 1. The minimum absolute atomic E-state index is 0.0476. The Morgan fingerprint density at radius 2 is 2.10 bits per heavy atom. The lowest BCUT2D eigenvalue weighted by Crippen LogP contribution is -2.30. The van der Waals surface area contributed by atoms with E-state index in [1.807, 2.05) is 4.57 Å². The molecule has 2 aliphatic rings. The van der Waals surface area contributed by atoms with Gasteiger partial charge < -0.3 is 9.67 Å². The summed E-state index contributed by atoms with van der Waals surface area (Å²) in [4.78, 5) is 0.325. The molecule has 0 aromatic carbocycles. The summed E-state index contributed by atoms with van der Waals surface area (Å²) in [6.45, 7) is 5.22. The highest BCUT2D eigenvalue weighted by Gasteiger charge is 2.38. The van der Waals surface area contributed by atoms with Gasteiger partial charge in [0.2, 0.25) is 10.0 Å². The molecule has 1 N–H and O–H groups in total. The van der Waals surface area contributed by atoms with E-state index in [0.717, 1.165) is 19.3 Å². The highest BCUT2D eigenvalue weighted by molar-refractivity contribution is 7.89. The van der Waals surface area contributed by atoms with Gasteiger partial charge in [0.1, 0.15) is 4.90 Å². The molecule has 2 fully saturated rings. The van der Waals surface area contributed by atoms with Crippen LogP contribution >= 0.6 is 0 Å². The molecule has 20 heavy (non-hydrogen) atoms. The Morgan fingerprint density at radius 1 is 1.40 bits per heavy atom. The molecule has 0 spiro atoms. The number of aliphatic hydroxyl groups excluding tert-OH is 1. The van der Waals surface area contributed by atoms with Crippen molar-refractivity contribution in [1.29, 1.82) is 0 Å². The molecule has 1 aliphatic heterocycles. The maximum Gasteiger partial charge on any atom is 0.244 e. The summed E-state index contributed by atoms with van der Waals surface area (Å²) in [5, 5.41) is 9.39. The van der Waals surface area contributed by atoms with Gasteiger partial charge in [-0.05, 0) is 30.7 Å². The van der Waals surface area contributed by atoms with Gasteiger partial charge in [-0.25, -0.2) is 8.42 Å². The van der Waals surface area contributed by atoms with Crippen LogP contribution in [0.4, 0.5) is 0 Å². The molecule has 1 aromatic rings. The zero-order chi connectivity index (χ0) is 14.5. The van der Waals surface area contributed by atoms with Crippen molar-refractivity contribution in [2.24, 2.45) is 5.41 Å². The molecule has 5 nitrogen and oxygen atoms in total. The van der Waals surface area contributed by atoms with Gasteiger partial charge in [-0.3, -0.25) is 0 Å². The van der Waals surface area contributed by atoms with Crippen LogP contribution in [0.15, 0.2) is 17.2 Å². The molecular formula is C14H22N2O3S. The van der Waals surface area contributed by atoms with E-state index < -0.39 is 10.0 Å². The van der Waals surface area contributed by atoms with E-state index in [-0.39, 0.29) is 12.0 Å². The highest BCUT2D eigenvalue weighted by atomic mass is 32.2. The Balaban J connectivity index is 1.91. The first-order valence-electron chi connectivity index (χ1n) is 7.15. The maximum atomic E-state index is 12.7. The monoisotopic (exact) mass is 298 g/mol. The Kier molecular flexibility index (Phi) is 3.23. The standard InChI is InChI=1S/C14H22N2O3S/c1-14(2)5-6-15(10-14)20(18,19)13-7-12(9-17)16(8-13)11-3-4-11/h7-8,11,17H,3-6,9-10H2,1-2H3. The van der Waals surface area contributed by atoms with Crippen LogP contribution in [0.3, 0.4) is 0 Å². The summed E-state index contributed by atoms with van der Waals surface area (Å²) < 4.78 is 28.9. The SMILES string of the molecule is CC1(C)CCN(S(=O)(=O)c2cc(CO)n(C3CC3)c2)C1. The predicted octanol–water partition coefficient (Wildman–Crippen LogP) is 1.74. The van der Waals surface area contributed by atoms with Crippen molar-refractivity contribution in [3.63, 3.8) is 0 Å². The lowest BCUT2D eigenvalue weighted by molar-refractivity contribution is 0.270. The topological polar surface area (TPSA) is 62.5 Å². The first-order chi connectivity index (χ1) is 9.33. The van der Waals surface area contributed by atoms with Gasteiger partial charge in [0, 0.05) is 31.0 Å². The second kappa shape index (κ2) is 4.58. The van der Waals surface area contributed by atoms with Gasteiger partial charge in [-0.1, -0.05) is 13.8 Å². The lowest BCUT2D eigenvalue weighted by Gasteiger charge is -2.19. The molecule has 112 valence electrons. The van der Waals surface area contributed by atoms with Gasteiger partial charge in [0.25, 0.3) is 0 Å². The van der Waals surface area contributed by atoms with E-state index in [0.29, 0.717) is 29.7 Å². The zero-order valence-electron chi connectivity index (χ0n) is 12.0.